The Bertz CT molecular complexity index is 4030. The summed E-state index contributed by atoms with van der Waals surface area (Å²) in [6.07, 6.45) is 8.30. The number of hydrazine groups is 2. The van der Waals surface area contributed by atoms with E-state index in [1.807, 2.05) is 58.5 Å². The van der Waals surface area contributed by atoms with E-state index in [1.54, 1.807) is 81.3 Å². The minimum atomic E-state index is -1.45. The number of fused-ring (bicyclic) bond motifs is 8. The molecule has 4 fully saturated rings. The number of aliphatic hydroxyl groups excluding tert-OH is 1. The van der Waals surface area contributed by atoms with Crippen LogP contribution < -0.4 is 55.7 Å². The van der Waals surface area contributed by atoms with Gasteiger partial charge in [0.2, 0.25) is 23.6 Å². The predicted molar refractivity (Wildman–Crippen MR) is 372 cm³/mol. The number of carbonyl (C=O) groups is 7. The summed E-state index contributed by atoms with van der Waals surface area (Å²) in [5, 5.41) is 22.7. The van der Waals surface area contributed by atoms with Gasteiger partial charge < -0.3 is 64.9 Å². The van der Waals surface area contributed by atoms with Crippen molar-refractivity contribution in [3.05, 3.63) is 130 Å². The number of hydrogen-bond acceptors (Lipinski definition) is 17. The van der Waals surface area contributed by atoms with Gasteiger partial charge in [0.05, 0.1) is 85.6 Å². The summed E-state index contributed by atoms with van der Waals surface area (Å²) in [6.45, 7) is 11.3. The van der Waals surface area contributed by atoms with Crippen molar-refractivity contribution in [1.29, 1.82) is 0 Å². The second-order valence-electron chi connectivity index (χ2n) is 28.3. The molecule has 5 aromatic carbocycles. The largest absolute Gasteiger partial charge is 0.493 e. The van der Waals surface area contributed by atoms with E-state index in [9.17, 15) is 38.7 Å². The molecule has 5 aromatic rings. The van der Waals surface area contributed by atoms with Crippen molar-refractivity contribution in [2.75, 3.05) is 55.6 Å². The van der Waals surface area contributed by atoms with Gasteiger partial charge in [-0.1, -0.05) is 68.4 Å². The van der Waals surface area contributed by atoms with E-state index in [1.165, 1.54) is 7.11 Å². The SMILES string of the molecule is COc1cc2c(cc1OCCCCCOc1cc3c(cc1OC)C(=O)N1CC4(CC4)C[C@H]1C(O)N3C(=O)OCc1ccc(NC(=O)[C@H](C)NC(=O)[C@@H](NC(=O)CCCCC(=O)N3Cc4ccccc4C4=C(c5ccccc53)N(C(C)C)NN4)C(C)C)cc1)N=C[C@@H]1CC3(CC3)CN1C2=O. The normalized spacial score (nSPS) is 20.0. The molecular weight excluding hydrogens is 1260 g/mol. The Morgan fingerprint density at radius 2 is 1.32 bits per heavy atom. The maximum Gasteiger partial charge on any atom is 0.416 e. The molecule has 24 nitrogen and oxygen atoms in total. The van der Waals surface area contributed by atoms with Gasteiger partial charge in [0.15, 0.2) is 29.2 Å². The van der Waals surface area contributed by atoms with Crippen LogP contribution in [0.15, 0.2) is 102 Å². The predicted octanol–water partition coefficient (Wildman–Crippen LogP) is 9.76. The number of nitrogens with one attached hydrogen (secondary N) is 5. The van der Waals surface area contributed by atoms with Crippen molar-refractivity contribution >= 4 is 81.9 Å². The number of amides is 7. The van der Waals surface area contributed by atoms with Crippen molar-refractivity contribution in [3.8, 4) is 23.0 Å². The highest BCUT2D eigenvalue weighted by atomic mass is 16.6. The van der Waals surface area contributed by atoms with Crippen LogP contribution in [0.25, 0.3) is 11.4 Å². The summed E-state index contributed by atoms with van der Waals surface area (Å²) in [7, 11) is 3.03. The van der Waals surface area contributed by atoms with Crippen molar-refractivity contribution in [2.45, 2.75) is 168 Å². The average molecular weight is 1350 g/mol. The number of carbonyl (C=O) groups excluding carboxylic acids is 7. The Morgan fingerprint density at radius 3 is 2.02 bits per heavy atom. The van der Waals surface area contributed by atoms with Crippen LogP contribution >= 0.6 is 0 Å². The molecule has 5 atom stereocenters. The highest BCUT2D eigenvalue weighted by Gasteiger charge is 2.58. The van der Waals surface area contributed by atoms with Crippen LogP contribution in [0.5, 0.6) is 23.0 Å². The van der Waals surface area contributed by atoms with Gasteiger partial charge in [-0.15, -0.1) is 5.53 Å². The summed E-state index contributed by atoms with van der Waals surface area (Å²) >= 11 is 0. The van der Waals surface area contributed by atoms with Crippen LogP contribution in [0.1, 0.15) is 161 Å². The fourth-order valence-corrected chi connectivity index (χ4v) is 14.6. The molecule has 2 saturated carbocycles. The standard InChI is InChI=1S/C75H89N11O13/c1-44(2)65(79-63(87)21-13-14-22-64(88)82-40-48-17-9-10-18-51(48)66-67(86(45(3)4)81-80-66)52-19-11-12-20-56(52)82)69(90)77-46(5)68(89)78-49-25-23-47(24-26-49)41-99-73(94)85-57-36-62(60(96-7)34-54(57)71(92)84-43-75(29-30-75)38-58(84)72(85)93)98-32-16-8-15-31-97-61-35-55-53(33-59(61)95-6)70(91)83-42-74(27-28-74)37-50(83)39-76-55/h9-12,17-20,23-26,33-36,39,44-46,50,58,65,72,80-81,93H,8,13-16,21-22,27-32,37-38,40-43H2,1-7H3,(H,77,90)(H,78,89)(H,79,87)/t46-,50-,58-,65-,72?/m0/s1. The fourth-order valence-electron chi connectivity index (χ4n) is 14.6. The van der Waals surface area contributed by atoms with Gasteiger partial charge in [0.25, 0.3) is 11.8 Å². The molecule has 0 aromatic heterocycles. The van der Waals surface area contributed by atoms with Crippen LogP contribution in [0.3, 0.4) is 0 Å². The van der Waals surface area contributed by atoms with E-state index in [0.29, 0.717) is 92.2 Å². The molecule has 99 heavy (non-hydrogen) atoms. The Morgan fingerprint density at radius 1 is 0.677 bits per heavy atom. The molecule has 13 rings (SSSR count). The zero-order valence-corrected chi connectivity index (χ0v) is 57.3. The molecular formula is C75H89N11O13. The number of hydrogen-bond donors (Lipinski definition) is 6. The van der Waals surface area contributed by atoms with E-state index >= 15 is 0 Å². The number of benzene rings is 5. The lowest BCUT2D eigenvalue weighted by molar-refractivity contribution is -0.131. The zero-order valence-electron chi connectivity index (χ0n) is 57.3. The van der Waals surface area contributed by atoms with Gasteiger partial charge in [-0.25, -0.2) is 9.69 Å². The van der Waals surface area contributed by atoms with Crippen LogP contribution in [0, 0.1) is 16.7 Å². The lowest BCUT2D eigenvalue weighted by Crippen LogP contribution is -2.53. The van der Waals surface area contributed by atoms with Crippen molar-refractivity contribution in [1.82, 2.24) is 36.4 Å². The number of anilines is 3. The molecule has 0 radical (unpaired) electrons. The average Bonchev–Trinajstić information content (AvgIpc) is 1.59. The second kappa shape index (κ2) is 28.3. The number of aliphatic imine (C=N–C) groups is 1. The van der Waals surface area contributed by atoms with Gasteiger partial charge in [-0.3, -0.25) is 38.8 Å². The van der Waals surface area contributed by atoms with Crippen LogP contribution in [0.2, 0.25) is 0 Å². The number of aliphatic hydroxyl groups is 1. The van der Waals surface area contributed by atoms with E-state index in [4.69, 9.17) is 28.7 Å². The number of unbranched alkanes of at least 4 members (excludes halogenated alkanes) is 3. The number of ether oxygens (including phenoxy) is 5. The summed E-state index contributed by atoms with van der Waals surface area (Å²) in [6, 6.07) is 26.6. The molecule has 7 amide bonds. The first-order chi connectivity index (χ1) is 47.7. The van der Waals surface area contributed by atoms with Gasteiger partial charge in [-0.05, 0) is 150 Å². The first-order valence-corrected chi connectivity index (χ1v) is 34.8. The minimum Gasteiger partial charge on any atom is -0.493 e. The topological polar surface area (TPSA) is 275 Å². The number of methoxy groups -OCH3 is 2. The molecule has 2 saturated heterocycles. The van der Waals surface area contributed by atoms with E-state index in [0.717, 1.165) is 77.3 Å². The molecule has 2 spiro atoms. The Hall–Kier alpha value is -9.68. The molecule has 0 bridgehead atoms. The van der Waals surface area contributed by atoms with Crippen molar-refractivity contribution in [2.24, 2.45) is 21.7 Å². The molecule has 8 aliphatic rings. The molecule has 6 aliphatic heterocycles. The van der Waals surface area contributed by atoms with Gasteiger partial charge in [0.1, 0.15) is 18.7 Å². The maximum atomic E-state index is 14.5. The quantitative estimate of drug-likeness (QED) is 0.0314. The number of para-hydroxylation sites is 1. The molecule has 2 aliphatic carbocycles. The third kappa shape index (κ3) is 14.1. The summed E-state index contributed by atoms with van der Waals surface area (Å²) < 4.78 is 29.9. The Kier molecular flexibility index (Phi) is 19.4. The Labute approximate surface area is 576 Å². The van der Waals surface area contributed by atoms with Crippen LogP contribution in [-0.2, 0) is 37.1 Å². The zero-order chi connectivity index (χ0) is 69.4. The highest BCUT2D eigenvalue weighted by Crippen LogP contribution is 2.58. The lowest BCUT2D eigenvalue weighted by atomic mass is 9.95. The van der Waals surface area contributed by atoms with E-state index in [2.05, 4.69) is 51.8 Å². The van der Waals surface area contributed by atoms with Crippen molar-refractivity contribution < 1.29 is 62.4 Å². The molecule has 1 unspecified atom stereocenters. The first-order valence-electron chi connectivity index (χ1n) is 34.8. The number of rotatable bonds is 24. The lowest BCUT2D eigenvalue weighted by Gasteiger charge is -2.32. The first kappa shape index (κ1) is 67.9. The molecule has 6 N–H and O–H groups in total. The van der Waals surface area contributed by atoms with Crippen molar-refractivity contribution in [3.63, 3.8) is 0 Å². The minimum absolute atomic E-state index is 0.00823. The maximum absolute atomic E-state index is 14.5. The smallest absolute Gasteiger partial charge is 0.416 e. The third-order valence-electron chi connectivity index (χ3n) is 20.6. The van der Waals surface area contributed by atoms with Gasteiger partial charge in [0, 0.05) is 67.1 Å². The summed E-state index contributed by atoms with van der Waals surface area (Å²) in [5.74, 6) is -0.632. The highest BCUT2D eigenvalue weighted by molar-refractivity contribution is 6.07. The van der Waals surface area contributed by atoms with Crippen LogP contribution in [0.4, 0.5) is 27.5 Å². The second-order valence-corrected chi connectivity index (χ2v) is 28.3. The Balaban J connectivity index is 0.580. The number of nitrogens with zero attached hydrogens (tertiary/aromatic N) is 6. The summed E-state index contributed by atoms with van der Waals surface area (Å²) in [4.78, 5) is 109. The van der Waals surface area contributed by atoms with Gasteiger partial charge in [-0.2, -0.15) is 0 Å². The van der Waals surface area contributed by atoms with Gasteiger partial charge >= 0.3 is 6.09 Å². The molecule has 6 heterocycles. The molecule has 522 valence electrons. The van der Waals surface area contributed by atoms with E-state index < -0.39 is 42.3 Å². The summed E-state index contributed by atoms with van der Waals surface area (Å²) in [5.41, 5.74) is 14.7. The van der Waals surface area contributed by atoms with Crippen LogP contribution in [-0.4, -0.2) is 145 Å². The monoisotopic (exact) mass is 1350 g/mol. The fraction of sp³-hybridized carbons (Fsp3) is 0.467. The van der Waals surface area contributed by atoms with E-state index in [-0.39, 0.29) is 101 Å². The molecule has 24 heteroatoms. The third-order valence-corrected chi connectivity index (χ3v) is 20.6.